The summed E-state index contributed by atoms with van der Waals surface area (Å²) in [6, 6.07) is 1.99. The fourth-order valence-corrected chi connectivity index (χ4v) is 4.41. The highest BCUT2D eigenvalue weighted by atomic mass is 32.1. The lowest BCUT2D eigenvalue weighted by molar-refractivity contribution is -0.138. The van der Waals surface area contributed by atoms with Crippen molar-refractivity contribution in [2.75, 3.05) is 13.2 Å². The molecule has 1 amide bonds. The lowest BCUT2D eigenvalue weighted by Gasteiger charge is -2.26. The molecule has 2 aliphatic rings. The molecular weight excluding hydrogens is 302 g/mol. The first-order valence-corrected chi connectivity index (χ1v) is 8.63. The third-order valence-electron chi connectivity index (χ3n) is 4.44. The monoisotopic (exact) mass is 323 g/mol. The number of carboxylic acid groups (broad SMARTS) is 1. The van der Waals surface area contributed by atoms with Gasteiger partial charge >= 0.3 is 5.97 Å². The third kappa shape index (κ3) is 3.33. The van der Waals surface area contributed by atoms with E-state index in [0.29, 0.717) is 17.9 Å². The Balaban J connectivity index is 1.74. The van der Waals surface area contributed by atoms with Crippen LogP contribution in [-0.4, -0.2) is 35.7 Å². The summed E-state index contributed by atoms with van der Waals surface area (Å²) in [5.41, 5.74) is 0.534. The van der Waals surface area contributed by atoms with Crippen LogP contribution in [0.4, 0.5) is 0 Å². The van der Waals surface area contributed by atoms with Crippen molar-refractivity contribution >= 4 is 23.2 Å². The van der Waals surface area contributed by atoms with Crippen LogP contribution in [0, 0.1) is 0 Å². The summed E-state index contributed by atoms with van der Waals surface area (Å²) in [7, 11) is 0. The van der Waals surface area contributed by atoms with Crippen molar-refractivity contribution in [3.05, 3.63) is 21.4 Å². The molecular formula is C16H21NO4S. The van der Waals surface area contributed by atoms with Gasteiger partial charge in [-0.25, -0.2) is 0 Å². The molecule has 6 heteroatoms. The second kappa shape index (κ2) is 6.38. The van der Waals surface area contributed by atoms with E-state index in [2.05, 4.69) is 5.32 Å². The van der Waals surface area contributed by atoms with E-state index < -0.39 is 11.5 Å². The first-order valence-electron chi connectivity index (χ1n) is 7.82. The highest BCUT2D eigenvalue weighted by Gasteiger charge is 2.39. The molecule has 1 atom stereocenters. The van der Waals surface area contributed by atoms with E-state index >= 15 is 0 Å². The van der Waals surface area contributed by atoms with Gasteiger partial charge in [0.25, 0.3) is 5.91 Å². The predicted molar refractivity (Wildman–Crippen MR) is 83.5 cm³/mol. The number of amides is 1. The fraction of sp³-hybridized carbons (Fsp3) is 0.625. The first kappa shape index (κ1) is 15.5. The second-order valence-electron chi connectivity index (χ2n) is 6.23. The first-order chi connectivity index (χ1) is 10.6. The van der Waals surface area contributed by atoms with Gasteiger partial charge in [0.2, 0.25) is 0 Å². The molecule has 1 aliphatic heterocycles. The average Bonchev–Trinajstić information content (AvgIpc) is 3.01. The Kier molecular flexibility index (Phi) is 4.49. The van der Waals surface area contributed by atoms with Crippen molar-refractivity contribution in [1.82, 2.24) is 5.32 Å². The van der Waals surface area contributed by atoms with Gasteiger partial charge in [0.05, 0.1) is 23.4 Å². The lowest BCUT2D eigenvalue weighted by atomic mass is 9.94. The molecule has 1 unspecified atom stereocenters. The van der Waals surface area contributed by atoms with Crippen molar-refractivity contribution in [3.63, 3.8) is 0 Å². The zero-order chi connectivity index (χ0) is 15.6. The molecule has 5 nitrogen and oxygen atoms in total. The van der Waals surface area contributed by atoms with Crippen molar-refractivity contribution in [2.45, 2.75) is 50.5 Å². The lowest BCUT2D eigenvalue weighted by Crippen LogP contribution is -2.50. The van der Waals surface area contributed by atoms with Crippen LogP contribution in [0.5, 0.6) is 0 Å². The molecule has 1 aromatic heterocycles. The van der Waals surface area contributed by atoms with Crippen LogP contribution in [0.1, 0.15) is 52.2 Å². The van der Waals surface area contributed by atoms with Crippen LogP contribution in [0.2, 0.25) is 0 Å². The number of hydrogen-bond donors (Lipinski definition) is 2. The summed E-state index contributed by atoms with van der Waals surface area (Å²) in [4.78, 5) is 25.6. The van der Waals surface area contributed by atoms with Gasteiger partial charge in [0, 0.05) is 11.5 Å². The van der Waals surface area contributed by atoms with Crippen molar-refractivity contribution < 1.29 is 19.4 Å². The number of hydrogen-bond acceptors (Lipinski definition) is 4. The highest BCUT2D eigenvalue weighted by Crippen LogP contribution is 2.30. The fourth-order valence-electron chi connectivity index (χ4n) is 3.26. The number of aryl methyl sites for hydroxylation is 2. The zero-order valence-corrected chi connectivity index (χ0v) is 13.3. The normalized spacial score (nSPS) is 24.5. The Morgan fingerprint density at radius 1 is 1.32 bits per heavy atom. The van der Waals surface area contributed by atoms with Crippen molar-refractivity contribution in [3.8, 4) is 0 Å². The van der Waals surface area contributed by atoms with Gasteiger partial charge in [-0.2, -0.15) is 0 Å². The van der Waals surface area contributed by atoms with Gasteiger partial charge in [0.15, 0.2) is 0 Å². The molecule has 0 saturated carbocycles. The van der Waals surface area contributed by atoms with E-state index in [1.54, 1.807) is 11.3 Å². The van der Waals surface area contributed by atoms with Crippen LogP contribution in [0.3, 0.4) is 0 Å². The molecule has 0 aromatic carbocycles. The molecule has 22 heavy (non-hydrogen) atoms. The summed E-state index contributed by atoms with van der Waals surface area (Å²) < 4.78 is 5.32. The molecule has 2 N–H and O–H groups in total. The van der Waals surface area contributed by atoms with Gasteiger partial charge in [-0.15, -0.1) is 11.3 Å². The topological polar surface area (TPSA) is 75.6 Å². The number of fused-ring (bicyclic) bond motifs is 1. The van der Waals surface area contributed by atoms with Gasteiger partial charge in [-0.1, -0.05) is 6.42 Å². The van der Waals surface area contributed by atoms with E-state index in [-0.39, 0.29) is 18.9 Å². The largest absolute Gasteiger partial charge is 0.481 e. The molecule has 1 fully saturated rings. The third-order valence-corrected chi connectivity index (χ3v) is 5.68. The number of ether oxygens (including phenoxy) is 1. The van der Waals surface area contributed by atoms with Gasteiger partial charge in [0.1, 0.15) is 0 Å². The summed E-state index contributed by atoms with van der Waals surface area (Å²) in [6.07, 6.45) is 6.17. The van der Waals surface area contributed by atoms with E-state index in [0.717, 1.165) is 12.8 Å². The summed E-state index contributed by atoms with van der Waals surface area (Å²) in [5.74, 6) is -1.07. The smallest absolute Gasteiger partial charge is 0.305 e. The molecule has 2 heterocycles. The van der Waals surface area contributed by atoms with Crippen LogP contribution >= 0.6 is 11.3 Å². The molecule has 1 aromatic rings. The summed E-state index contributed by atoms with van der Waals surface area (Å²) in [5, 5.41) is 12.0. The Bertz CT molecular complexity index is 551. The van der Waals surface area contributed by atoms with Crippen molar-refractivity contribution in [1.29, 1.82) is 0 Å². The summed E-state index contributed by atoms with van der Waals surface area (Å²) in [6.45, 7) is 0.768. The number of carbonyl (C=O) groups is 2. The standard InChI is InChI=1S/C16H21NO4S/c18-14(19)9-16(6-7-21-10-16)17-15(20)13-8-11-4-2-1-3-5-12(11)22-13/h8H,1-7,9-10H2,(H,17,20)(H,18,19). The van der Waals surface area contributed by atoms with Crippen LogP contribution in [0.15, 0.2) is 6.07 Å². The summed E-state index contributed by atoms with van der Waals surface area (Å²) >= 11 is 1.56. The van der Waals surface area contributed by atoms with Gasteiger partial charge in [-0.05, 0) is 43.7 Å². The van der Waals surface area contributed by atoms with Crippen LogP contribution < -0.4 is 5.32 Å². The number of nitrogens with one attached hydrogen (secondary N) is 1. The van der Waals surface area contributed by atoms with E-state index in [4.69, 9.17) is 9.84 Å². The quantitative estimate of drug-likeness (QED) is 0.834. The molecule has 3 rings (SSSR count). The number of carboxylic acids is 1. The Hall–Kier alpha value is -1.40. The predicted octanol–water partition coefficient (Wildman–Crippen LogP) is 2.38. The maximum atomic E-state index is 12.5. The van der Waals surface area contributed by atoms with Gasteiger partial charge in [-0.3, -0.25) is 9.59 Å². The molecule has 0 bridgehead atoms. The molecule has 1 saturated heterocycles. The SMILES string of the molecule is O=C(O)CC1(NC(=O)c2cc3c(s2)CCCCC3)CCOC1. The number of rotatable bonds is 4. The maximum absolute atomic E-state index is 12.5. The highest BCUT2D eigenvalue weighted by molar-refractivity contribution is 7.14. The van der Waals surface area contributed by atoms with E-state index in [1.807, 2.05) is 6.07 Å². The Morgan fingerprint density at radius 2 is 2.14 bits per heavy atom. The molecule has 0 spiro atoms. The minimum Gasteiger partial charge on any atom is -0.481 e. The van der Waals surface area contributed by atoms with Crippen LogP contribution in [0.25, 0.3) is 0 Å². The minimum atomic E-state index is -0.909. The molecule has 0 radical (unpaired) electrons. The Morgan fingerprint density at radius 3 is 2.86 bits per heavy atom. The van der Waals surface area contributed by atoms with Crippen molar-refractivity contribution in [2.24, 2.45) is 0 Å². The maximum Gasteiger partial charge on any atom is 0.305 e. The number of thiophene rings is 1. The zero-order valence-electron chi connectivity index (χ0n) is 12.5. The van der Waals surface area contributed by atoms with Crippen LogP contribution in [-0.2, 0) is 22.4 Å². The Labute approximate surface area is 133 Å². The van der Waals surface area contributed by atoms with E-state index in [9.17, 15) is 9.59 Å². The average molecular weight is 323 g/mol. The van der Waals surface area contributed by atoms with Gasteiger partial charge < -0.3 is 15.2 Å². The number of carbonyl (C=O) groups excluding carboxylic acids is 1. The number of aliphatic carboxylic acids is 1. The molecule has 120 valence electrons. The minimum absolute atomic E-state index is 0.0934. The molecule has 1 aliphatic carbocycles. The van der Waals surface area contributed by atoms with E-state index in [1.165, 1.54) is 29.7 Å². The second-order valence-corrected chi connectivity index (χ2v) is 7.36.